The van der Waals surface area contributed by atoms with Gasteiger partial charge in [0.15, 0.2) is 0 Å². The molecule has 0 spiro atoms. The Morgan fingerprint density at radius 3 is 2.94 bits per heavy atom. The van der Waals surface area contributed by atoms with Gasteiger partial charge in [-0.1, -0.05) is 47.3 Å². The van der Waals surface area contributed by atoms with Gasteiger partial charge in [-0.25, -0.2) is 0 Å². The smallest absolute Gasteiger partial charge is 0.0451 e. The number of benzene rings is 1. The standard InChI is InChI=1S/C14H19BrClN/c1-10-3-2-4-11(10)8-17-9-12-7-13(15)5-6-14(12)16/h5-7,10-11,17H,2-4,8-9H2,1H3. The van der Waals surface area contributed by atoms with Crippen LogP contribution in [0.25, 0.3) is 0 Å². The molecular formula is C14H19BrClN. The van der Waals surface area contributed by atoms with Gasteiger partial charge < -0.3 is 5.32 Å². The lowest BCUT2D eigenvalue weighted by atomic mass is 9.98. The molecule has 2 unspecified atom stereocenters. The Hall–Kier alpha value is -0.0500. The minimum absolute atomic E-state index is 0.847. The first-order valence-electron chi connectivity index (χ1n) is 6.31. The quantitative estimate of drug-likeness (QED) is 0.854. The second kappa shape index (κ2) is 6.21. The van der Waals surface area contributed by atoms with Crippen LogP contribution in [0.3, 0.4) is 0 Å². The van der Waals surface area contributed by atoms with Crippen molar-refractivity contribution in [3.63, 3.8) is 0 Å². The van der Waals surface area contributed by atoms with Crippen LogP contribution in [0.5, 0.6) is 0 Å². The molecule has 94 valence electrons. The summed E-state index contributed by atoms with van der Waals surface area (Å²) >= 11 is 9.64. The molecule has 1 fully saturated rings. The molecule has 1 N–H and O–H groups in total. The average molecular weight is 317 g/mol. The third kappa shape index (κ3) is 3.70. The van der Waals surface area contributed by atoms with E-state index in [0.29, 0.717) is 0 Å². The Kier molecular flexibility index (Phi) is 4.89. The van der Waals surface area contributed by atoms with Gasteiger partial charge in [-0.2, -0.15) is 0 Å². The zero-order valence-electron chi connectivity index (χ0n) is 10.2. The second-order valence-electron chi connectivity index (χ2n) is 5.03. The van der Waals surface area contributed by atoms with Crippen LogP contribution in [0.2, 0.25) is 5.02 Å². The van der Waals surface area contributed by atoms with Crippen LogP contribution >= 0.6 is 27.5 Å². The molecule has 2 rings (SSSR count). The summed E-state index contributed by atoms with van der Waals surface area (Å²) in [6, 6.07) is 6.01. The summed E-state index contributed by atoms with van der Waals surface area (Å²) in [5.41, 5.74) is 1.17. The minimum atomic E-state index is 0.847. The third-order valence-electron chi connectivity index (χ3n) is 3.77. The largest absolute Gasteiger partial charge is 0.312 e. The number of hydrogen-bond acceptors (Lipinski definition) is 1. The zero-order chi connectivity index (χ0) is 12.3. The molecule has 0 heterocycles. The lowest BCUT2D eigenvalue weighted by Gasteiger charge is -2.16. The summed E-state index contributed by atoms with van der Waals surface area (Å²) in [7, 11) is 0. The first-order valence-corrected chi connectivity index (χ1v) is 7.48. The average Bonchev–Trinajstić information content (AvgIpc) is 2.70. The van der Waals surface area contributed by atoms with Crippen LogP contribution in [0.4, 0.5) is 0 Å². The lowest BCUT2D eigenvalue weighted by molar-refractivity contribution is 0.392. The van der Waals surface area contributed by atoms with Gasteiger partial charge in [0.2, 0.25) is 0 Å². The lowest BCUT2D eigenvalue weighted by Crippen LogP contribution is -2.24. The van der Waals surface area contributed by atoms with Gasteiger partial charge in [0.1, 0.15) is 0 Å². The van der Waals surface area contributed by atoms with Crippen molar-refractivity contribution in [1.82, 2.24) is 5.32 Å². The van der Waals surface area contributed by atoms with Crippen LogP contribution in [-0.2, 0) is 6.54 Å². The molecule has 2 atom stereocenters. The van der Waals surface area contributed by atoms with Gasteiger partial charge in [-0.05, 0) is 48.6 Å². The Labute approximate surface area is 117 Å². The van der Waals surface area contributed by atoms with Crippen molar-refractivity contribution in [2.45, 2.75) is 32.7 Å². The summed E-state index contributed by atoms with van der Waals surface area (Å²) in [5.74, 6) is 1.72. The van der Waals surface area contributed by atoms with Crippen molar-refractivity contribution in [3.05, 3.63) is 33.3 Å². The van der Waals surface area contributed by atoms with Crippen molar-refractivity contribution >= 4 is 27.5 Å². The maximum Gasteiger partial charge on any atom is 0.0451 e. The Balaban J connectivity index is 1.83. The first-order chi connectivity index (χ1) is 8.16. The van der Waals surface area contributed by atoms with Crippen LogP contribution < -0.4 is 5.32 Å². The number of halogens is 2. The predicted molar refractivity (Wildman–Crippen MR) is 77.4 cm³/mol. The highest BCUT2D eigenvalue weighted by atomic mass is 79.9. The number of nitrogens with one attached hydrogen (secondary N) is 1. The molecular weight excluding hydrogens is 298 g/mol. The fraction of sp³-hybridized carbons (Fsp3) is 0.571. The first kappa shape index (κ1) is 13.4. The van der Waals surface area contributed by atoms with Crippen molar-refractivity contribution in [2.75, 3.05) is 6.54 Å². The molecule has 1 nitrogen and oxygen atoms in total. The third-order valence-corrected chi connectivity index (χ3v) is 4.63. The normalized spacial score (nSPS) is 24.2. The summed E-state index contributed by atoms with van der Waals surface area (Å²) in [6.45, 7) is 4.34. The molecule has 0 radical (unpaired) electrons. The van der Waals surface area contributed by atoms with E-state index in [1.165, 1.54) is 24.8 Å². The van der Waals surface area contributed by atoms with Crippen molar-refractivity contribution in [2.24, 2.45) is 11.8 Å². The maximum absolute atomic E-state index is 6.16. The predicted octanol–water partition coefficient (Wildman–Crippen LogP) is 4.63. The van der Waals surface area contributed by atoms with Crippen LogP contribution in [0.15, 0.2) is 22.7 Å². The Morgan fingerprint density at radius 2 is 2.24 bits per heavy atom. The van der Waals surface area contributed by atoms with Crippen molar-refractivity contribution in [3.8, 4) is 0 Å². The van der Waals surface area contributed by atoms with Crippen LogP contribution in [-0.4, -0.2) is 6.54 Å². The molecule has 0 aromatic heterocycles. The Bertz CT molecular complexity index is 380. The van der Waals surface area contributed by atoms with E-state index in [1.54, 1.807) is 0 Å². The number of rotatable bonds is 4. The van der Waals surface area contributed by atoms with Gasteiger partial charge in [-0.15, -0.1) is 0 Å². The van der Waals surface area contributed by atoms with Crippen LogP contribution in [0, 0.1) is 11.8 Å². The van der Waals surface area contributed by atoms with E-state index >= 15 is 0 Å². The number of hydrogen-bond donors (Lipinski definition) is 1. The molecule has 1 aromatic carbocycles. The molecule has 17 heavy (non-hydrogen) atoms. The highest BCUT2D eigenvalue weighted by Gasteiger charge is 2.22. The van der Waals surface area contributed by atoms with Crippen LogP contribution in [0.1, 0.15) is 31.7 Å². The second-order valence-corrected chi connectivity index (χ2v) is 6.36. The zero-order valence-corrected chi connectivity index (χ0v) is 12.5. The molecule has 0 aliphatic heterocycles. The van der Waals surface area contributed by atoms with Crippen molar-refractivity contribution in [1.29, 1.82) is 0 Å². The van der Waals surface area contributed by atoms with E-state index in [2.05, 4.69) is 34.2 Å². The van der Waals surface area contributed by atoms with E-state index in [-0.39, 0.29) is 0 Å². The summed E-state index contributed by atoms with van der Waals surface area (Å²) in [4.78, 5) is 0. The summed E-state index contributed by atoms with van der Waals surface area (Å²) in [6.07, 6.45) is 4.16. The van der Waals surface area contributed by atoms with Gasteiger partial charge >= 0.3 is 0 Å². The molecule has 0 amide bonds. The van der Waals surface area contributed by atoms with Gasteiger partial charge in [0, 0.05) is 16.0 Å². The molecule has 1 saturated carbocycles. The molecule has 1 aliphatic rings. The maximum atomic E-state index is 6.16. The van der Waals surface area contributed by atoms with Gasteiger partial charge in [0.25, 0.3) is 0 Å². The van der Waals surface area contributed by atoms with E-state index in [4.69, 9.17) is 11.6 Å². The van der Waals surface area contributed by atoms with E-state index in [9.17, 15) is 0 Å². The molecule has 1 aliphatic carbocycles. The van der Waals surface area contributed by atoms with Gasteiger partial charge in [-0.3, -0.25) is 0 Å². The SMILES string of the molecule is CC1CCCC1CNCc1cc(Br)ccc1Cl. The van der Waals surface area contributed by atoms with E-state index in [1.807, 2.05) is 12.1 Å². The molecule has 3 heteroatoms. The molecule has 0 bridgehead atoms. The van der Waals surface area contributed by atoms with Crippen molar-refractivity contribution < 1.29 is 0 Å². The molecule has 0 saturated heterocycles. The summed E-state index contributed by atoms with van der Waals surface area (Å²) < 4.78 is 1.09. The van der Waals surface area contributed by atoms with Gasteiger partial charge in [0.05, 0.1) is 0 Å². The monoisotopic (exact) mass is 315 g/mol. The topological polar surface area (TPSA) is 12.0 Å². The van der Waals surface area contributed by atoms with E-state index in [0.717, 1.165) is 34.4 Å². The fourth-order valence-electron chi connectivity index (χ4n) is 2.60. The highest BCUT2D eigenvalue weighted by molar-refractivity contribution is 9.10. The Morgan fingerprint density at radius 1 is 1.41 bits per heavy atom. The fourth-order valence-corrected chi connectivity index (χ4v) is 3.19. The summed E-state index contributed by atoms with van der Waals surface area (Å²) in [5, 5.41) is 4.38. The highest BCUT2D eigenvalue weighted by Crippen LogP contribution is 2.30. The molecule has 1 aromatic rings. The minimum Gasteiger partial charge on any atom is -0.312 e. The van der Waals surface area contributed by atoms with E-state index < -0.39 is 0 Å².